The second-order valence-electron chi connectivity index (χ2n) is 14.7. The number of rotatable bonds is 9. The number of likely N-dealkylation sites (tertiary alicyclic amines) is 1. The first-order valence-corrected chi connectivity index (χ1v) is 18.7. The molecule has 11 nitrogen and oxygen atoms in total. The maximum absolute atomic E-state index is 15.2. The number of hydrogen-bond acceptors (Lipinski definition) is 8. The average molecular weight is 713 g/mol. The van der Waals surface area contributed by atoms with Crippen molar-refractivity contribution in [2.24, 2.45) is 17.8 Å². The van der Waals surface area contributed by atoms with Gasteiger partial charge >= 0.3 is 5.97 Å². The Bertz CT molecular complexity index is 1670. The van der Waals surface area contributed by atoms with Gasteiger partial charge in [-0.05, 0) is 69.4 Å². The van der Waals surface area contributed by atoms with Crippen molar-refractivity contribution in [3.05, 3.63) is 84.5 Å². The van der Waals surface area contributed by atoms with Gasteiger partial charge in [0, 0.05) is 37.4 Å². The van der Waals surface area contributed by atoms with Crippen LogP contribution >= 0.6 is 0 Å². The standard InChI is InChI=1S/C41H52N4O7/c1-6-43(7-2)29-17-19-30(20-18-29)44-23-13-9-12-16-33(47)42-27(5)36(28-14-10-8-11-15-28)51-40(50)34-32-21-22-41(52-32)35(34)38(48)45(37(41)39(44)49)31(25-46)24-26(3)4/h8-11,13-15,17-22,26-27,31-32,34-37,46H,6-7,12,16,23-25H2,1-5H3,(H,42,47)/b13-9-/t27-,31-,32+,34-,35-,36+,37+,41-/m1/s1. The smallest absolute Gasteiger partial charge is 0.313 e. The van der Waals surface area contributed by atoms with Crippen molar-refractivity contribution in [1.82, 2.24) is 10.2 Å². The molecular weight excluding hydrogens is 660 g/mol. The summed E-state index contributed by atoms with van der Waals surface area (Å²) in [7, 11) is 0. The van der Waals surface area contributed by atoms with E-state index in [2.05, 4.69) is 24.1 Å². The van der Waals surface area contributed by atoms with E-state index in [0.29, 0.717) is 24.1 Å². The van der Waals surface area contributed by atoms with Crippen LogP contribution in [0.2, 0.25) is 0 Å². The fraction of sp³-hybridized carbons (Fsp3) is 0.512. The number of nitrogens with one attached hydrogen (secondary N) is 1. The number of esters is 1. The summed E-state index contributed by atoms with van der Waals surface area (Å²) in [6.45, 7) is 11.5. The highest BCUT2D eigenvalue weighted by Gasteiger charge is 2.74. The first-order valence-electron chi connectivity index (χ1n) is 18.7. The van der Waals surface area contributed by atoms with Crippen LogP contribution in [0.3, 0.4) is 0 Å². The Balaban J connectivity index is 1.46. The highest BCUT2D eigenvalue weighted by Crippen LogP contribution is 2.56. The second-order valence-corrected chi connectivity index (χ2v) is 14.7. The minimum atomic E-state index is -1.45. The highest BCUT2D eigenvalue weighted by molar-refractivity contribution is 6.05. The van der Waals surface area contributed by atoms with Crippen molar-refractivity contribution in [2.75, 3.05) is 36.0 Å². The van der Waals surface area contributed by atoms with E-state index in [4.69, 9.17) is 9.47 Å². The lowest BCUT2D eigenvalue weighted by Crippen LogP contribution is -2.59. The minimum absolute atomic E-state index is 0.104. The second kappa shape index (κ2) is 15.6. The summed E-state index contributed by atoms with van der Waals surface area (Å²) in [6.07, 6.45) is 6.72. The Morgan fingerprint density at radius 1 is 0.981 bits per heavy atom. The molecule has 52 heavy (non-hydrogen) atoms. The highest BCUT2D eigenvalue weighted by atomic mass is 16.6. The molecule has 0 radical (unpaired) electrons. The van der Waals surface area contributed by atoms with Crippen LogP contribution in [0.5, 0.6) is 0 Å². The van der Waals surface area contributed by atoms with Crippen molar-refractivity contribution in [2.45, 2.75) is 89.8 Å². The molecule has 4 aliphatic heterocycles. The number of amides is 3. The van der Waals surface area contributed by atoms with E-state index >= 15 is 4.79 Å². The van der Waals surface area contributed by atoms with Crippen LogP contribution in [0, 0.1) is 17.8 Å². The van der Waals surface area contributed by atoms with Crippen LogP contribution in [0.25, 0.3) is 0 Å². The molecule has 11 heteroatoms. The number of nitrogens with zero attached hydrogens (tertiary/aromatic N) is 3. The molecule has 6 rings (SSSR count). The molecule has 3 amide bonds. The number of carbonyl (C=O) groups is 4. The lowest BCUT2D eigenvalue weighted by Gasteiger charge is -2.39. The van der Waals surface area contributed by atoms with Gasteiger partial charge in [-0.2, -0.15) is 0 Å². The molecule has 2 fully saturated rings. The minimum Gasteiger partial charge on any atom is -0.455 e. The molecule has 0 saturated carbocycles. The topological polar surface area (TPSA) is 129 Å². The van der Waals surface area contributed by atoms with Crippen LogP contribution < -0.4 is 15.1 Å². The number of fused-ring (bicyclic) bond motifs is 2. The molecule has 2 saturated heterocycles. The number of cyclic esters (lactones) is 1. The number of aliphatic hydroxyl groups excluding tert-OH is 1. The van der Waals surface area contributed by atoms with Crippen LogP contribution in [0.4, 0.5) is 11.4 Å². The maximum atomic E-state index is 15.2. The van der Waals surface area contributed by atoms with Crippen molar-refractivity contribution in [3.8, 4) is 0 Å². The van der Waals surface area contributed by atoms with E-state index in [1.54, 1.807) is 24.0 Å². The van der Waals surface area contributed by atoms with Crippen LogP contribution in [-0.2, 0) is 28.7 Å². The summed E-state index contributed by atoms with van der Waals surface area (Å²) < 4.78 is 12.9. The van der Waals surface area contributed by atoms with Crippen LogP contribution in [-0.4, -0.2) is 89.8 Å². The van der Waals surface area contributed by atoms with Gasteiger partial charge in [0.15, 0.2) is 0 Å². The van der Waals surface area contributed by atoms with Gasteiger partial charge < -0.3 is 34.6 Å². The molecule has 0 aromatic heterocycles. The van der Waals surface area contributed by atoms with Gasteiger partial charge in [-0.3, -0.25) is 19.2 Å². The van der Waals surface area contributed by atoms with Gasteiger partial charge in [0.05, 0.1) is 30.7 Å². The van der Waals surface area contributed by atoms with Crippen molar-refractivity contribution >= 4 is 35.1 Å². The summed E-state index contributed by atoms with van der Waals surface area (Å²) in [5.41, 5.74) is 0.895. The molecule has 2 N–H and O–H groups in total. The summed E-state index contributed by atoms with van der Waals surface area (Å²) >= 11 is 0. The molecule has 278 valence electrons. The third-order valence-corrected chi connectivity index (χ3v) is 10.9. The quantitative estimate of drug-likeness (QED) is 0.286. The monoisotopic (exact) mass is 712 g/mol. The Kier molecular flexibility index (Phi) is 11.2. The van der Waals surface area contributed by atoms with E-state index < -0.39 is 59.6 Å². The van der Waals surface area contributed by atoms with Crippen LogP contribution in [0.15, 0.2) is 78.9 Å². The molecule has 0 aliphatic carbocycles. The molecule has 5 bridgehead atoms. The fourth-order valence-electron chi connectivity index (χ4n) is 8.49. The fourth-order valence-corrected chi connectivity index (χ4v) is 8.49. The molecular formula is C41H52N4O7. The van der Waals surface area contributed by atoms with E-state index in [1.807, 2.05) is 80.6 Å². The SMILES string of the molecule is CCN(CC)c1ccc(N2C/C=C\CCC(=O)N[C@H](C)[C@@H](c3ccccc3)OC(=O)[C@@H]3[C@@H]4C=C[C@]5(O4)[C@H](C2=O)N([C@@H](CO)CC(C)C)C(=O)[C@@H]35)cc1. The summed E-state index contributed by atoms with van der Waals surface area (Å²) in [6, 6.07) is 14.6. The molecule has 4 heterocycles. The largest absolute Gasteiger partial charge is 0.455 e. The first kappa shape index (κ1) is 37.3. The van der Waals surface area contributed by atoms with Gasteiger partial charge in [-0.1, -0.05) is 68.5 Å². The molecule has 2 aromatic rings. The number of allylic oxidation sites excluding steroid dienone is 1. The third-order valence-electron chi connectivity index (χ3n) is 10.9. The van der Waals surface area contributed by atoms with Gasteiger partial charge in [0.1, 0.15) is 23.7 Å². The van der Waals surface area contributed by atoms with E-state index in [9.17, 15) is 19.5 Å². The summed E-state index contributed by atoms with van der Waals surface area (Å²) in [4.78, 5) is 62.9. The lowest BCUT2D eigenvalue weighted by molar-refractivity contribution is -0.161. The predicted octanol–water partition coefficient (Wildman–Crippen LogP) is 4.56. The maximum Gasteiger partial charge on any atom is 0.313 e. The van der Waals surface area contributed by atoms with Gasteiger partial charge in [0.2, 0.25) is 11.8 Å². The van der Waals surface area contributed by atoms with E-state index in [-0.39, 0.29) is 37.3 Å². The molecule has 1 spiro atoms. The Labute approximate surface area is 306 Å². The number of hydrogen-bond donors (Lipinski definition) is 2. The number of aliphatic hydroxyl groups is 1. The van der Waals surface area contributed by atoms with E-state index in [0.717, 1.165) is 18.8 Å². The molecule has 2 aromatic carbocycles. The first-order chi connectivity index (χ1) is 25.0. The molecule has 4 aliphatic rings. The molecule has 8 atom stereocenters. The number of anilines is 2. The Hall–Kier alpha value is -4.48. The number of benzene rings is 2. The van der Waals surface area contributed by atoms with Gasteiger partial charge in [-0.25, -0.2) is 0 Å². The zero-order valence-corrected chi connectivity index (χ0v) is 30.8. The van der Waals surface area contributed by atoms with Crippen molar-refractivity contribution in [1.29, 1.82) is 0 Å². The molecule has 0 unspecified atom stereocenters. The van der Waals surface area contributed by atoms with Crippen molar-refractivity contribution in [3.63, 3.8) is 0 Å². The zero-order chi connectivity index (χ0) is 37.2. The van der Waals surface area contributed by atoms with Crippen molar-refractivity contribution < 1.29 is 33.8 Å². The summed E-state index contributed by atoms with van der Waals surface area (Å²) in [5, 5.41) is 13.8. The average Bonchev–Trinajstić information content (AvgIpc) is 3.79. The van der Waals surface area contributed by atoms with Gasteiger partial charge in [-0.15, -0.1) is 0 Å². The normalized spacial score (nSPS) is 30.4. The van der Waals surface area contributed by atoms with Gasteiger partial charge in [0.25, 0.3) is 5.91 Å². The number of ether oxygens (including phenoxy) is 2. The zero-order valence-electron chi connectivity index (χ0n) is 30.8. The lowest BCUT2D eigenvalue weighted by atomic mass is 9.74. The van der Waals surface area contributed by atoms with Crippen LogP contribution in [0.1, 0.15) is 65.5 Å². The number of carbonyl (C=O) groups excluding carboxylic acids is 4. The Morgan fingerprint density at radius 3 is 2.35 bits per heavy atom. The Morgan fingerprint density at radius 2 is 1.69 bits per heavy atom. The third kappa shape index (κ3) is 6.88. The predicted molar refractivity (Wildman–Crippen MR) is 198 cm³/mol. The summed E-state index contributed by atoms with van der Waals surface area (Å²) in [5.74, 6) is -3.63. The van der Waals surface area contributed by atoms with E-state index in [1.165, 1.54) is 4.90 Å².